The van der Waals surface area contributed by atoms with Gasteiger partial charge in [-0.15, -0.1) is 0 Å². The molecule has 1 amide bonds. The van der Waals surface area contributed by atoms with Crippen molar-refractivity contribution in [2.75, 3.05) is 18.0 Å². The van der Waals surface area contributed by atoms with Gasteiger partial charge in [0.15, 0.2) is 0 Å². The van der Waals surface area contributed by atoms with Crippen LogP contribution in [-0.4, -0.2) is 30.0 Å². The average molecular weight is 285 g/mol. The monoisotopic (exact) mass is 285 g/mol. The third kappa shape index (κ3) is 3.63. The number of pyridine rings is 1. The molecule has 0 saturated carbocycles. The molecule has 4 heteroatoms. The van der Waals surface area contributed by atoms with E-state index in [0.29, 0.717) is 6.04 Å². The number of hydrogen-bond acceptors (Lipinski definition) is 3. The van der Waals surface area contributed by atoms with E-state index in [1.165, 1.54) is 0 Å². The number of anilines is 1. The summed E-state index contributed by atoms with van der Waals surface area (Å²) >= 11 is 0. The summed E-state index contributed by atoms with van der Waals surface area (Å²) in [5, 5.41) is 3.24. The van der Waals surface area contributed by atoms with Gasteiger partial charge >= 0.3 is 0 Å². The summed E-state index contributed by atoms with van der Waals surface area (Å²) in [7, 11) is 0. The molecule has 0 bridgehead atoms. The van der Waals surface area contributed by atoms with E-state index in [0.717, 1.165) is 51.0 Å². The predicted octanol–water partition coefficient (Wildman–Crippen LogP) is 2.52. The third-order valence-corrected chi connectivity index (χ3v) is 4.45. The maximum absolute atomic E-state index is 12.2. The van der Waals surface area contributed by atoms with Crippen molar-refractivity contribution in [3.8, 4) is 0 Å². The van der Waals surface area contributed by atoms with Crippen molar-refractivity contribution < 1.29 is 4.79 Å². The Bertz CT molecular complexity index is 492. The fourth-order valence-electron chi connectivity index (χ4n) is 3.14. The van der Waals surface area contributed by atoms with Gasteiger partial charge in [-0.3, -0.25) is 4.79 Å². The average Bonchev–Trinajstić information content (AvgIpc) is 2.57. The zero-order valence-corrected chi connectivity index (χ0v) is 12.4. The van der Waals surface area contributed by atoms with E-state index >= 15 is 0 Å². The molecule has 1 aliphatic heterocycles. The maximum Gasteiger partial charge on any atom is 0.223 e. The second-order valence-electron chi connectivity index (χ2n) is 5.94. The molecule has 1 N–H and O–H groups in total. The van der Waals surface area contributed by atoms with Gasteiger partial charge in [0.1, 0.15) is 5.82 Å². The van der Waals surface area contributed by atoms with Crippen LogP contribution in [0.3, 0.4) is 0 Å². The lowest BCUT2D eigenvalue weighted by molar-refractivity contribution is -0.126. The SMILES string of the molecule is O=C(NC1CCN(c2ccccn2)CC1)C1CC=CCC1. The zero-order valence-electron chi connectivity index (χ0n) is 12.4. The normalized spacial score (nSPS) is 23.0. The number of rotatable bonds is 3. The van der Waals surface area contributed by atoms with Crippen LogP contribution in [0.5, 0.6) is 0 Å². The topological polar surface area (TPSA) is 45.2 Å². The van der Waals surface area contributed by atoms with Crippen molar-refractivity contribution in [3.63, 3.8) is 0 Å². The van der Waals surface area contributed by atoms with E-state index in [9.17, 15) is 4.79 Å². The summed E-state index contributed by atoms with van der Waals surface area (Å²) in [5.74, 6) is 1.47. The van der Waals surface area contributed by atoms with Crippen LogP contribution >= 0.6 is 0 Å². The number of aromatic nitrogens is 1. The van der Waals surface area contributed by atoms with Gasteiger partial charge in [0.05, 0.1) is 0 Å². The summed E-state index contributed by atoms with van der Waals surface area (Å²) in [6, 6.07) is 6.33. The number of nitrogens with zero attached hydrogens (tertiary/aromatic N) is 2. The predicted molar refractivity (Wildman–Crippen MR) is 84.1 cm³/mol. The lowest BCUT2D eigenvalue weighted by Crippen LogP contribution is -2.46. The molecular weight excluding hydrogens is 262 g/mol. The number of amides is 1. The number of carbonyl (C=O) groups excluding carboxylic acids is 1. The van der Waals surface area contributed by atoms with Crippen molar-refractivity contribution in [2.24, 2.45) is 5.92 Å². The van der Waals surface area contributed by atoms with Crippen LogP contribution in [0.15, 0.2) is 36.5 Å². The van der Waals surface area contributed by atoms with Crippen LogP contribution in [-0.2, 0) is 4.79 Å². The molecule has 3 rings (SSSR count). The Hall–Kier alpha value is -1.84. The largest absolute Gasteiger partial charge is 0.356 e. The van der Waals surface area contributed by atoms with Crippen molar-refractivity contribution in [2.45, 2.75) is 38.1 Å². The van der Waals surface area contributed by atoms with Crippen LogP contribution in [0, 0.1) is 5.92 Å². The summed E-state index contributed by atoms with van der Waals surface area (Å²) < 4.78 is 0. The first kappa shape index (κ1) is 14.1. The summed E-state index contributed by atoms with van der Waals surface area (Å²) in [6.45, 7) is 1.93. The van der Waals surface area contributed by atoms with Crippen molar-refractivity contribution in [3.05, 3.63) is 36.5 Å². The fourth-order valence-corrected chi connectivity index (χ4v) is 3.14. The molecule has 1 fully saturated rings. The van der Waals surface area contributed by atoms with Crippen LogP contribution < -0.4 is 10.2 Å². The highest BCUT2D eigenvalue weighted by Gasteiger charge is 2.25. The van der Waals surface area contributed by atoms with Crippen LogP contribution in [0.2, 0.25) is 0 Å². The Kier molecular flexibility index (Phi) is 4.53. The first-order valence-corrected chi connectivity index (χ1v) is 7.94. The Morgan fingerprint density at radius 3 is 2.71 bits per heavy atom. The van der Waals surface area contributed by atoms with Gasteiger partial charge in [0, 0.05) is 31.2 Å². The molecule has 21 heavy (non-hydrogen) atoms. The van der Waals surface area contributed by atoms with Gasteiger partial charge in [-0.05, 0) is 44.2 Å². The minimum Gasteiger partial charge on any atom is -0.356 e. The van der Waals surface area contributed by atoms with Gasteiger partial charge in [0.2, 0.25) is 5.91 Å². The van der Waals surface area contributed by atoms with Gasteiger partial charge in [-0.2, -0.15) is 0 Å². The second-order valence-corrected chi connectivity index (χ2v) is 5.94. The second kappa shape index (κ2) is 6.74. The molecule has 1 saturated heterocycles. The standard InChI is InChI=1S/C17H23N3O/c21-17(14-6-2-1-3-7-14)19-15-9-12-20(13-10-15)16-8-4-5-11-18-16/h1-2,4-5,8,11,14-15H,3,6-7,9-10,12-13H2,(H,19,21). The van der Waals surface area contributed by atoms with Gasteiger partial charge in [-0.25, -0.2) is 4.98 Å². The first-order valence-electron chi connectivity index (χ1n) is 7.94. The lowest BCUT2D eigenvalue weighted by atomic mass is 9.93. The molecule has 0 spiro atoms. The highest BCUT2D eigenvalue weighted by atomic mass is 16.1. The zero-order chi connectivity index (χ0) is 14.5. The lowest BCUT2D eigenvalue weighted by Gasteiger charge is -2.33. The van der Waals surface area contributed by atoms with E-state index in [1.807, 2.05) is 24.4 Å². The highest BCUT2D eigenvalue weighted by Crippen LogP contribution is 2.21. The summed E-state index contributed by atoms with van der Waals surface area (Å²) in [4.78, 5) is 18.9. The van der Waals surface area contributed by atoms with E-state index in [4.69, 9.17) is 0 Å². The molecule has 1 atom stereocenters. The number of carbonyl (C=O) groups is 1. The minimum absolute atomic E-state index is 0.184. The Labute approximate surface area is 126 Å². The van der Waals surface area contributed by atoms with E-state index < -0.39 is 0 Å². The molecule has 4 nitrogen and oxygen atoms in total. The van der Waals surface area contributed by atoms with Gasteiger partial charge < -0.3 is 10.2 Å². The maximum atomic E-state index is 12.2. The summed E-state index contributed by atoms with van der Waals surface area (Å²) in [6.07, 6.45) is 11.1. The van der Waals surface area contributed by atoms with Crippen molar-refractivity contribution >= 4 is 11.7 Å². The molecule has 1 aliphatic carbocycles. The third-order valence-electron chi connectivity index (χ3n) is 4.45. The molecule has 2 heterocycles. The molecular formula is C17H23N3O. The van der Waals surface area contributed by atoms with Crippen LogP contribution in [0.1, 0.15) is 32.1 Å². The number of allylic oxidation sites excluding steroid dienone is 2. The number of piperidine rings is 1. The molecule has 112 valence electrons. The molecule has 0 radical (unpaired) electrons. The molecule has 1 unspecified atom stereocenters. The Morgan fingerprint density at radius 1 is 1.19 bits per heavy atom. The van der Waals surface area contributed by atoms with Crippen LogP contribution in [0.25, 0.3) is 0 Å². The van der Waals surface area contributed by atoms with Crippen molar-refractivity contribution in [1.82, 2.24) is 10.3 Å². The smallest absolute Gasteiger partial charge is 0.223 e. The number of hydrogen-bond donors (Lipinski definition) is 1. The fraction of sp³-hybridized carbons (Fsp3) is 0.529. The van der Waals surface area contributed by atoms with Crippen molar-refractivity contribution in [1.29, 1.82) is 0 Å². The highest BCUT2D eigenvalue weighted by molar-refractivity contribution is 5.79. The van der Waals surface area contributed by atoms with E-state index in [1.54, 1.807) is 0 Å². The minimum atomic E-state index is 0.184. The quantitative estimate of drug-likeness (QED) is 0.868. The Balaban J connectivity index is 1.47. The van der Waals surface area contributed by atoms with Gasteiger partial charge in [-0.1, -0.05) is 18.2 Å². The summed E-state index contributed by atoms with van der Waals surface area (Å²) in [5.41, 5.74) is 0. The van der Waals surface area contributed by atoms with Crippen LogP contribution in [0.4, 0.5) is 5.82 Å². The molecule has 1 aromatic rings. The Morgan fingerprint density at radius 2 is 2.05 bits per heavy atom. The first-order chi connectivity index (χ1) is 10.3. The van der Waals surface area contributed by atoms with E-state index in [-0.39, 0.29) is 11.8 Å². The molecule has 1 aromatic heterocycles. The van der Waals surface area contributed by atoms with E-state index in [2.05, 4.69) is 27.4 Å². The molecule has 2 aliphatic rings. The molecule has 0 aromatic carbocycles. The number of nitrogens with one attached hydrogen (secondary N) is 1. The van der Waals surface area contributed by atoms with Gasteiger partial charge in [0.25, 0.3) is 0 Å².